The lowest BCUT2D eigenvalue weighted by Gasteiger charge is -2.33. The van der Waals surface area contributed by atoms with Gasteiger partial charge in [-0.2, -0.15) is 0 Å². The molecule has 1 aliphatic heterocycles. The molecular formula is C19H36N6S. The normalized spacial score (nSPS) is 16.8. The van der Waals surface area contributed by atoms with E-state index < -0.39 is 0 Å². The molecule has 0 bridgehead atoms. The van der Waals surface area contributed by atoms with Crippen LogP contribution in [0, 0.1) is 6.92 Å². The summed E-state index contributed by atoms with van der Waals surface area (Å²) in [6.45, 7) is 16.4. The molecule has 2 rings (SSSR count). The molecule has 0 aliphatic carbocycles. The lowest BCUT2D eigenvalue weighted by atomic mass is 10.2. The van der Waals surface area contributed by atoms with E-state index >= 15 is 0 Å². The van der Waals surface area contributed by atoms with E-state index in [1.807, 2.05) is 6.20 Å². The van der Waals surface area contributed by atoms with Gasteiger partial charge in [0.05, 0.1) is 5.01 Å². The average Bonchev–Trinajstić information content (AvgIpc) is 3.07. The Hall–Kier alpha value is -1.18. The van der Waals surface area contributed by atoms with Gasteiger partial charge in [0.2, 0.25) is 0 Å². The van der Waals surface area contributed by atoms with Crippen LogP contribution in [-0.4, -0.2) is 79.6 Å². The summed E-state index contributed by atoms with van der Waals surface area (Å²) in [4.78, 5) is 15.5. The highest BCUT2D eigenvalue weighted by molar-refractivity contribution is 7.11. The fraction of sp³-hybridized carbons (Fsp3) is 0.789. The van der Waals surface area contributed by atoms with Crippen LogP contribution in [0.3, 0.4) is 0 Å². The molecule has 0 amide bonds. The first kappa shape index (κ1) is 21.1. The fourth-order valence-electron chi connectivity index (χ4n) is 3.11. The number of piperazine rings is 1. The minimum Gasteiger partial charge on any atom is -0.357 e. The molecule has 7 heteroatoms. The second-order valence-electron chi connectivity index (χ2n) is 6.79. The second-order valence-corrected chi connectivity index (χ2v) is 8.10. The third kappa shape index (κ3) is 8.01. The molecule has 1 aromatic rings. The molecule has 1 saturated heterocycles. The summed E-state index contributed by atoms with van der Waals surface area (Å²) in [5.74, 6) is 0.928. The Morgan fingerprint density at radius 1 is 1.15 bits per heavy atom. The van der Waals surface area contributed by atoms with Gasteiger partial charge in [0.1, 0.15) is 0 Å². The van der Waals surface area contributed by atoms with Crippen molar-refractivity contribution in [1.82, 2.24) is 25.4 Å². The van der Waals surface area contributed by atoms with Gasteiger partial charge < -0.3 is 20.4 Å². The summed E-state index contributed by atoms with van der Waals surface area (Å²) in [6, 6.07) is 0. The number of aromatic nitrogens is 1. The Morgan fingerprint density at radius 2 is 1.92 bits per heavy atom. The van der Waals surface area contributed by atoms with Gasteiger partial charge in [0, 0.05) is 63.3 Å². The number of unbranched alkanes of at least 4 members (excludes halogenated alkanes) is 1. The second kappa shape index (κ2) is 12.3. The summed E-state index contributed by atoms with van der Waals surface area (Å²) in [5.41, 5.74) is 0. The highest BCUT2D eigenvalue weighted by Crippen LogP contribution is 2.10. The lowest BCUT2D eigenvalue weighted by molar-refractivity contribution is 0.136. The van der Waals surface area contributed by atoms with Gasteiger partial charge in [0.25, 0.3) is 0 Å². The molecule has 26 heavy (non-hydrogen) atoms. The molecule has 148 valence electrons. The van der Waals surface area contributed by atoms with E-state index in [4.69, 9.17) is 4.99 Å². The Bertz CT molecular complexity index is 522. The number of nitrogens with one attached hydrogen (secondary N) is 2. The summed E-state index contributed by atoms with van der Waals surface area (Å²) in [5, 5.41) is 7.94. The number of rotatable bonds is 10. The summed E-state index contributed by atoms with van der Waals surface area (Å²) >= 11 is 1.77. The third-order valence-electron chi connectivity index (χ3n) is 4.71. The zero-order chi connectivity index (χ0) is 18.6. The van der Waals surface area contributed by atoms with Crippen LogP contribution in [0.15, 0.2) is 11.2 Å². The maximum absolute atomic E-state index is 4.71. The molecular weight excluding hydrogens is 344 g/mol. The molecule has 0 saturated carbocycles. The zero-order valence-electron chi connectivity index (χ0n) is 16.8. The summed E-state index contributed by atoms with van der Waals surface area (Å²) < 4.78 is 0. The van der Waals surface area contributed by atoms with Crippen molar-refractivity contribution >= 4 is 17.3 Å². The van der Waals surface area contributed by atoms with Crippen molar-refractivity contribution in [3.8, 4) is 0 Å². The van der Waals surface area contributed by atoms with Crippen molar-refractivity contribution in [1.29, 1.82) is 0 Å². The maximum atomic E-state index is 4.71. The summed E-state index contributed by atoms with van der Waals surface area (Å²) in [7, 11) is 0. The highest BCUT2D eigenvalue weighted by Gasteiger charge is 2.14. The van der Waals surface area contributed by atoms with Crippen molar-refractivity contribution in [2.45, 2.75) is 40.0 Å². The zero-order valence-corrected chi connectivity index (χ0v) is 17.6. The van der Waals surface area contributed by atoms with Gasteiger partial charge in [-0.15, -0.1) is 11.3 Å². The van der Waals surface area contributed by atoms with Gasteiger partial charge >= 0.3 is 0 Å². The van der Waals surface area contributed by atoms with Crippen molar-refractivity contribution in [2.24, 2.45) is 4.99 Å². The highest BCUT2D eigenvalue weighted by atomic mass is 32.1. The molecule has 0 radical (unpaired) electrons. The first-order chi connectivity index (χ1) is 12.7. The predicted octanol–water partition coefficient (Wildman–Crippen LogP) is 1.97. The largest absolute Gasteiger partial charge is 0.357 e. The Balaban J connectivity index is 1.59. The van der Waals surface area contributed by atoms with Crippen LogP contribution in [0.25, 0.3) is 0 Å². The Kier molecular flexibility index (Phi) is 9.95. The maximum Gasteiger partial charge on any atom is 0.191 e. The van der Waals surface area contributed by atoms with Gasteiger partial charge in [-0.1, -0.05) is 6.92 Å². The number of thiazole rings is 1. The number of guanidine groups is 1. The first-order valence-electron chi connectivity index (χ1n) is 10.1. The van der Waals surface area contributed by atoms with Crippen molar-refractivity contribution < 1.29 is 0 Å². The van der Waals surface area contributed by atoms with Crippen LogP contribution in [0.5, 0.6) is 0 Å². The average molecular weight is 381 g/mol. The number of aliphatic imine (C=N–C) groups is 1. The molecule has 1 aliphatic rings. The number of nitrogens with zero attached hydrogens (tertiary/aromatic N) is 4. The van der Waals surface area contributed by atoms with Gasteiger partial charge in [-0.3, -0.25) is 4.99 Å². The standard InChI is InChI=1S/C19H36N6S/c1-4-20-19(22-10-8-18-23-16-17(3)26-18)21-9-6-7-11-25-14-12-24(5-2)13-15-25/h16H,4-15H2,1-3H3,(H2,20,21,22). The lowest BCUT2D eigenvalue weighted by Crippen LogP contribution is -2.46. The molecule has 0 aromatic carbocycles. The number of hydrogen-bond donors (Lipinski definition) is 2. The van der Waals surface area contributed by atoms with E-state index in [0.717, 1.165) is 38.4 Å². The van der Waals surface area contributed by atoms with Crippen LogP contribution in [0.2, 0.25) is 0 Å². The van der Waals surface area contributed by atoms with E-state index in [-0.39, 0.29) is 0 Å². The van der Waals surface area contributed by atoms with E-state index in [1.165, 1.54) is 55.6 Å². The number of hydrogen-bond acceptors (Lipinski definition) is 5. The molecule has 1 aromatic heterocycles. The topological polar surface area (TPSA) is 55.8 Å². The van der Waals surface area contributed by atoms with Crippen molar-refractivity contribution in [3.63, 3.8) is 0 Å². The van der Waals surface area contributed by atoms with Crippen LogP contribution in [0.1, 0.15) is 36.6 Å². The fourth-order valence-corrected chi connectivity index (χ4v) is 3.90. The van der Waals surface area contributed by atoms with E-state index in [9.17, 15) is 0 Å². The summed E-state index contributed by atoms with van der Waals surface area (Å²) in [6.07, 6.45) is 5.28. The molecule has 0 spiro atoms. The number of likely N-dealkylation sites (N-methyl/N-ethyl adjacent to an activating group) is 1. The van der Waals surface area contributed by atoms with Crippen LogP contribution in [-0.2, 0) is 6.42 Å². The van der Waals surface area contributed by atoms with Gasteiger partial charge in [-0.25, -0.2) is 4.98 Å². The predicted molar refractivity (Wildman–Crippen MR) is 112 cm³/mol. The van der Waals surface area contributed by atoms with E-state index in [0.29, 0.717) is 0 Å². The quantitative estimate of drug-likeness (QED) is 0.369. The Labute approximate surface area is 163 Å². The SMILES string of the molecule is CCNC(=NCCCCN1CCN(CC)CC1)NCCc1ncc(C)s1. The van der Waals surface area contributed by atoms with Crippen molar-refractivity contribution in [3.05, 3.63) is 16.1 Å². The molecule has 2 N–H and O–H groups in total. The number of aryl methyl sites for hydroxylation is 1. The van der Waals surface area contributed by atoms with Crippen LogP contribution < -0.4 is 10.6 Å². The van der Waals surface area contributed by atoms with Gasteiger partial charge in [0.15, 0.2) is 5.96 Å². The third-order valence-corrected chi connectivity index (χ3v) is 5.68. The minimum absolute atomic E-state index is 0.875. The Morgan fingerprint density at radius 3 is 2.58 bits per heavy atom. The smallest absolute Gasteiger partial charge is 0.191 e. The monoisotopic (exact) mass is 380 g/mol. The molecule has 0 unspecified atom stereocenters. The van der Waals surface area contributed by atoms with Crippen LogP contribution >= 0.6 is 11.3 Å². The first-order valence-corrected chi connectivity index (χ1v) is 10.9. The molecule has 2 heterocycles. The molecule has 0 atom stereocenters. The van der Waals surface area contributed by atoms with E-state index in [1.54, 1.807) is 11.3 Å². The molecule has 6 nitrogen and oxygen atoms in total. The molecule has 1 fully saturated rings. The minimum atomic E-state index is 0.875. The van der Waals surface area contributed by atoms with Gasteiger partial charge in [-0.05, 0) is 39.8 Å². The van der Waals surface area contributed by atoms with Crippen molar-refractivity contribution in [2.75, 3.05) is 58.9 Å². The van der Waals surface area contributed by atoms with Crippen LogP contribution in [0.4, 0.5) is 0 Å². The van der Waals surface area contributed by atoms with E-state index in [2.05, 4.69) is 46.2 Å².